The van der Waals surface area contributed by atoms with E-state index in [1.165, 1.54) is 16.8 Å². The first-order chi connectivity index (χ1) is 9.84. The standard InChI is InChI=1S/C16H16N4/c1-19-16-13(11-18-19)10-17-15(12-6-3-2-4-7-12)14-8-5-9-20(14)16/h2-9,11,15,17H,10H2,1H3. The van der Waals surface area contributed by atoms with E-state index in [0.29, 0.717) is 0 Å². The Bertz CT molecular complexity index is 739. The Morgan fingerprint density at radius 3 is 2.85 bits per heavy atom. The maximum Gasteiger partial charge on any atom is 0.139 e. The highest BCUT2D eigenvalue weighted by atomic mass is 15.3. The second-order valence-electron chi connectivity index (χ2n) is 5.14. The zero-order valence-electron chi connectivity index (χ0n) is 11.3. The quantitative estimate of drug-likeness (QED) is 0.732. The molecule has 0 aliphatic carbocycles. The van der Waals surface area contributed by atoms with E-state index in [-0.39, 0.29) is 6.04 Å². The normalized spacial score (nSPS) is 17.4. The summed E-state index contributed by atoms with van der Waals surface area (Å²) in [6.07, 6.45) is 4.05. The number of nitrogens with one attached hydrogen (secondary N) is 1. The molecule has 3 aromatic rings. The zero-order valence-corrected chi connectivity index (χ0v) is 11.3. The number of aromatic nitrogens is 3. The summed E-state index contributed by atoms with van der Waals surface area (Å²) in [5.74, 6) is 1.15. The van der Waals surface area contributed by atoms with Gasteiger partial charge in [0.1, 0.15) is 5.82 Å². The predicted molar refractivity (Wildman–Crippen MR) is 77.7 cm³/mol. The molecule has 1 N–H and O–H groups in total. The molecular formula is C16H16N4. The Morgan fingerprint density at radius 2 is 2.00 bits per heavy atom. The van der Waals surface area contributed by atoms with Gasteiger partial charge in [-0.2, -0.15) is 5.10 Å². The van der Waals surface area contributed by atoms with Gasteiger partial charge in [-0.15, -0.1) is 0 Å². The van der Waals surface area contributed by atoms with Gasteiger partial charge < -0.3 is 9.88 Å². The third-order valence-corrected chi connectivity index (χ3v) is 3.91. The van der Waals surface area contributed by atoms with Crippen LogP contribution in [-0.2, 0) is 13.6 Å². The molecule has 0 spiro atoms. The van der Waals surface area contributed by atoms with E-state index in [1.54, 1.807) is 0 Å². The lowest BCUT2D eigenvalue weighted by atomic mass is 10.0. The summed E-state index contributed by atoms with van der Waals surface area (Å²) < 4.78 is 4.17. The summed E-state index contributed by atoms with van der Waals surface area (Å²) in [4.78, 5) is 0. The molecule has 1 aliphatic rings. The minimum atomic E-state index is 0.207. The Hall–Kier alpha value is -2.33. The number of hydrogen-bond acceptors (Lipinski definition) is 2. The van der Waals surface area contributed by atoms with Gasteiger partial charge in [-0.25, -0.2) is 0 Å². The third kappa shape index (κ3) is 1.62. The van der Waals surface area contributed by atoms with Gasteiger partial charge in [-0.1, -0.05) is 30.3 Å². The lowest BCUT2D eigenvalue weighted by Crippen LogP contribution is -2.21. The molecule has 0 amide bonds. The fourth-order valence-electron chi connectivity index (χ4n) is 2.98. The predicted octanol–water partition coefficient (Wildman–Crippen LogP) is 2.40. The van der Waals surface area contributed by atoms with Gasteiger partial charge in [0.2, 0.25) is 0 Å². The van der Waals surface area contributed by atoms with Crippen LogP contribution < -0.4 is 5.32 Å². The average molecular weight is 264 g/mol. The monoisotopic (exact) mass is 264 g/mol. The summed E-state index contributed by atoms with van der Waals surface area (Å²) >= 11 is 0. The molecule has 0 bridgehead atoms. The molecule has 1 aliphatic heterocycles. The minimum Gasteiger partial charge on any atom is -0.304 e. The Balaban J connectivity index is 1.90. The highest BCUT2D eigenvalue weighted by Gasteiger charge is 2.24. The van der Waals surface area contributed by atoms with Crippen molar-refractivity contribution in [1.29, 1.82) is 0 Å². The molecule has 3 heterocycles. The van der Waals surface area contributed by atoms with Crippen molar-refractivity contribution in [2.45, 2.75) is 12.6 Å². The van der Waals surface area contributed by atoms with Crippen LogP contribution in [0.4, 0.5) is 0 Å². The molecule has 0 saturated heterocycles. The summed E-state index contributed by atoms with van der Waals surface area (Å²) in [7, 11) is 1.99. The third-order valence-electron chi connectivity index (χ3n) is 3.91. The number of nitrogens with zero attached hydrogens (tertiary/aromatic N) is 3. The van der Waals surface area contributed by atoms with Crippen molar-refractivity contribution in [2.24, 2.45) is 7.05 Å². The smallest absolute Gasteiger partial charge is 0.139 e. The van der Waals surface area contributed by atoms with E-state index in [0.717, 1.165) is 12.4 Å². The van der Waals surface area contributed by atoms with Crippen LogP contribution in [0.2, 0.25) is 0 Å². The summed E-state index contributed by atoms with van der Waals surface area (Å²) in [5.41, 5.74) is 3.76. The molecule has 1 aromatic carbocycles. The largest absolute Gasteiger partial charge is 0.304 e. The van der Waals surface area contributed by atoms with Crippen molar-refractivity contribution in [3.05, 3.63) is 71.7 Å². The summed E-state index contributed by atoms with van der Waals surface area (Å²) in [6, 6.07) is 15.0. The molecule has 20 heavy (non-hydrogen) atoms. The molecule has 4 heteroatoms. The fraction of sp³-hybridized carbons (Fsp3) is 0.188. The Morgan fingerprint density at radius 1 is 1.15 bits per heavy atom. The van der Waals surface area contributed by atoms with E-state index < -0.39 is 0 Å². The maximum atomic E-state index is 4.37. The molecule has 2 aromatic heterocycles. The first-order valence-corrected chi connectivity index (χ1v) is 6.81. The van der Waals surface area contributed by atoms with Gasteiger partial charge in [0.05, 0.1) is 12.2 Å². The first-order valence-electron chi connectivity index (χ1n) is 6.81. The van der Waals surface area contributed by atoms with Crippen LogP contribution in [0.3, 0.4) is 0 Å². The lowest BCUT2D eigenvalue weighted by Gasteiger charge is -2.18. The number of rotatable bonds is 1. The highest BCUT2D eigenvalue weighted by Crippen LogP contribution is 2.29. The van der Waals surface area contributed by atoms with Crippen molar-refractivity contribution in [3.8, 4) is 5.82 Å². The number of benzene rings is 1. The van der Waals surface area contributed by atoms with E-state index in [4.69, 9.17) is 0 Å². The van der Waals surface area contributed by atoms with Gasteiger partial charge in [-0.05, 0) is 17.7 Å². The van der Waals surface area contributed by atoms with Gasteiger partial charge >= 0.3 is 0 Å². The Kier molecular flexibility index (Phi) is 2.50. The zero-order chi connectivity index (χ0) is 13.5. The minimum absolute atomic E-state index is 0.207. The molecule has 1 unspecified atom stereocenters. The van der Waals surface area contributed by atoms with E-state index >= 15 is 0 Å². The topological polar surface area (TPSA) is 34.8 Å². The average Bonchev–Trinajstić information content (AvgIpc) is 3.04. The molecule has 1 atom stereocenters. The van der Waals surface area contributed by atoms with Crippen molar-refractivity contribution >= 4 is 0 Å². The lowest BCUT2D eigenvalue weighted by molar-refractivity contribution is 0.597. The van der Waals surface area contributed by atoms with Gasteiger partial charge in [0.15, 0.2) is 0 Å². The molecular weight excluding hydrogens is 248 g/mol. The van der Waals surface area contributed by atoms with Crippen molar-refractivity contribution in [3.63, 3.8) is 0 Å². The van der Waals surface area contributed by atoms with Gasteiger partial charge in [0.25, 0.3) is 0 Å². The van der Waals surface area contributed by atoms with Crippen molar-refractivity contribution in [2.75, 3.05) is 0 Å². The van der Waals surface area contributed by atoms with Crippen LogP contribution in [0.15, 0.2) is 54.9 Å². The van der Waals surface area contributed by atoms with Crippen LogP contribution in [-0.4, -0.2) is 14.3 Å². The van der Waals surface area contributed by atoms with Crippen LogP contribution in [0, 0.1) is 0 Å². The molecule has 4 nitrogen and oxygen atoms in total. The van der Waals surface area contributed by atoms with Crippen LogP contribution in [0.1, 0.15) is 22.9 Å². The first kappa shape index (κ1) is 11.5. The number of fused-ring (bicyclic) bond motifs is 3. The Labute approximate surface area is 117 Å². The van der Waals surface area contributed by atoms with Crippen LogP contribution in [0.25, 0.3) is 5.82 Å². The molecule has 0 radical (unpaired) electrons. The maximum absolute atomic E-state index is 4.37. The SMILES string of the molecule is Cn1ncc2c1-n1cccc1C(c1ccccc1)NC2. The fourth-order valence-corrected chi connectivity index (χ4v) is 2.98. The second kappa shape index (κ2) is 4.35. The number of hydrogen-bond donors (Lipinski definition) is 1. The summed E-state index contributed by atoms with van der Waals surface area (Å²) in [5, 5.41) is 8.01. The summed E-state index contributed by atoms with van der Waals surface area (Å²) in [6.45, 7) is 0.824. The molecule has 100 valence electrons. The van der Waals surface area contributed by atoms with Crippen LogP contribution >= 0.6 is 0 Å². The van der Waals surface area contributed by atoms with E-state index in [2.05, 4.69) is 63.6 Å². The van der Waals surface area contributed by atoms with Gasteiger partial charge in [-0.3, -0.25) is 4.68 Å². The number of aryl methyl sites for hydroxylation is 1. The van der Waals surface area contributed by atoms with Crippen molar-refractivity contribution < 1.29 is 0 Å². The van der Waals surface area contributed by atoms with Gasteiger partial charge in [0, 0.05) is 31.0 Å². The second-order valence-corrected chi connectivity index (χ2v) is 5.14. The van der Waals surface area contributed by atoms with E-state index in [1.807, 2.05) is 17.9 Å². The molecule has 0 fully saturated rings. The highest BCUT2D eigenvalue weighted by molar-refractivity contribution is 5.41. The molecule has 0 saturated carbocycles. The van der Waals surface area contributed by atoms with E-state index in [9.17, 15) is 0 Å². The van der Waals surface area contributed by atoms with Crippen LogP contribution in [0.5, 0.6) is 0 Å². The van der Waals surface area contributed by atoms with Crippen molar-refractivity contribution in [1.82, 2.24) is 19.7 Å². The molecule has 4 rings (SSSR count).